The third-order valence-electron chi connectivity index (χ3n) is 8.08. The van der Waals surface area contributed by atoms with E-state index >= 15 is 0 Å². The van der Waals surface area contributed by atoms with Gasteiger partial charge in [-0.2, -0.15) is 4.98 Å². The number of aromatic nitrogens is 6. The summed E-state index contributed by atoms with van der Waals surface area (Å²) in [4.78, 5) is 40.6. The zero-order valence-corrected chi connectivity index (χ0v) is 30.3. The number of benzene rings is 2. The van der Waals surface area contributed by atoms with Gasteiger partial charge in [-0.05, 0) is 64.9 Å². The van der Waals surface area contributed by atoms with E-state index in [2.05, 4.69) is 68.0 Å². The van der Waals surface area contributed by atoms with Crippen LogP contribution in [0.25, 0.3) is 38.9 Å². The normalized spacial score (nSPS) is 18.2. The number of imidazole rings is 1. The molecule has 3 aromatic heterocycles. The Hall–Kier alpha value is -5.04. The Morgan fingerprint density at radius 2 is 1.90 bits per heavy atom. The lowest BCUT2D eigenvalue weighted by atomic mass is 10.1. The van der Waals surface area contributed by atoms with Crippen LogP contribution >= 0.6 is 8.53 Å². The zero-order chi connectivity index (χ0) is 37.6. The highest BCUT2D eigenvalue weighted by atomic mass is 31.2. The fourth-order valence-corrected chi connectivity index (χ4v) is 7.58. The number of rotatable bonds is 14. The van der Waals surface area contributed by atoms with Crippen LogP contribution in [-0.4, -0.2) is 77.7 Å². The predicted molar refractivity (Wildman–Crippen MR) is 196 cm³/mol. The van der Waals surface area contributed by atoms with E-state index in [4.69, 9.17) is 31.1 Å². The molecule has 17 heteroatoms. The molecule has 16 nitrogen and oxygen atoms in total. The topological polar surface area (TPSA) is 179 Å². The second-order valence-corrected chi connectivity index (χ2v) is 14.0. The van der Waals surface area contributed by atoms with Crippen LogP contribution in [0.15, 0.2) is 64.1 Å². The lowest BCUT2D eigenvalue weighted by Crippen LogP contribution is -2.35. The van der Waals surface area contributed by atoms with Crippen LogP contribution in [0.5, 0.6) is 0 Å². The van der Waals surface area contributed by atoms with E-state index in [9.17, 15) is 9.59 Å². The highest BCUT2D eigenvalue weighted by Crippen LogP contribution is 2.50. The first-order valence-electron chi connectivity index (χ1n) is 17.5. The number of nitrogens with zero attached hydrogens (tertiary/aromatic N) is 7. The van der Waals surface area contributed by atoms with Crippen molar-refractivity contribution in [3.05, 3.63) is 76.6 Å². The molecule has 1 aliphatic heterocycles. The van der Waals surface area contributed by atoms with Crippen molar-refractivity contribution >= 4 is 42.9 Å². The largest absolute Gasteiger partial charge is 0.416 e. The van der Waals surface area contributed by atoms with Gasteiger partial charge in [-0.3, -0.25) is 19.1 Å². The highest BCUT2D eigenvalue weighted by Gasteiger charge is 2.39. The number of nitrogens with one attached hydrogen (secondary N) is 3. The Bertz CT molecular complexity index is 2130. The minimum absolute atomic E-state index is 0.0711. The summed E-state index contributed by atoms with van der Waals surface area (Å²) in [7, 11) is -1.57. The maximum absolute atomic E-state index is 13.3. The first-order chi connectivity index (χ1) is 25.6. The van der Waals surface area contributed by atoms with Gasteiger partial charge in [-0.15, -0.1) is 10.2 Å². The summed E-state index contributed by atoms with van der Waals surface area (Å²) >= 11 is 0. The summed E-state index contributed by atoms with van der Waals surface area (Å²) in [6.45, 7) is 17.1. The zero-order valence-electron chi connectivity index (χ0n) is 30.4. The highest BCUT2D eigenvalue weighted by molar-refractivity contribution is 7.44. The molecular weight excluding hydrogens is 687 g/mol. The smallest absolute Gasteiger partial charge is 0.280 e. The number of carbonyl (C=O) groups is 1. The summed E-state index contributed by atoms with van der Waals surface area (Å²) in [5, 5.41) is 14.3. The van der Waals surface area contributed by atoms with Crippen molar-refractivity contribution < 1.29 is 24.4 Å². The molecule has 5 aromatic rings. The number of aromatic amines is 1. The molecule has 1 saturated heterocycles. The average molecular weight is 730 g/mol. The third kappa shape index (κ3) is 8.20. The van der Waals surface area contributed by atoms with Crippen molar-refractivity contribution in [2.24, 2.45) is 0 Å². The van der Waals surface area contributed by atoms with Gasteiger partial charge < -0.3 is 33.7 Å². The van der Waals surface area contributed by atoms with Gasteiger partial charge in [-0.1, -0.05) is 18.2 Å². The Morgan fingerprint density at radius 3 is 2.60 bits per heavy atom. The summed E-state index contributed by atoms with van der Waals surface area (Å²) in [5.41, 5.74) is 1.99. The summed E-state index contributed by atoms with van der Waals surface area (Å²) in [6.07, 6.45) is 0.0677. The average Bonchev–Trinajstić information content (AvgIpc) is 3.88. The van der Waals surface area contributed by atoms with Crippen LogP contribution in [0.3, 0.4) is 0 Å². The molecule has 0 radical (unpaired) electrons. The number of anilines is 3. The van der Waals surface area contributed by atoms with Gasteiger partial charge in [-0.25, -0.2) is 16.2 Å². The van der Waals surface area contributed by atoms with E-state index < -0.39 is 32.5 Å². The van der Waals surface area contributed by atoms with Crippen molar-refractivity contribution in [3.8, 4) is 22.9 Å². The molecule has 2 aromatic carbocycles. The summed E-state index contributed by atoms with van der Waals surface area (Å²) in [6, 6.07) is 14.7. The van der Waals surface area contributed by atoms with E-state index in [-0.39, 0.29) is 61.0 Å². The van der Waals surface area contributed by atoms with Crippen LogP contribution in [0.2, 0.25) is 0 Å². The standard InChI is InChI=1S/C35H41N10O6P/c1-20(2)45(21(3)4)52(48-16-15-36-7)51-28-18-29(49-22(28)5)44-19-37-30-31(44)40-35(41-32(30)47)39-27-17-25(13-14-26(27)38-23(6)46)34-43-42-33(50-34)24-11-9-8-10-12-24/h8-14,17,19-22,28-29H,15-16,18H2,1-6H3,(H,38,46)(H2,39,40,41,47)/t22-,28?,29-,52?/m1/s1/i5D. The molecule has 1 fully saturated rings. The first-order valence-corrected chi connectivity index (χ1v) is 17.9. The number of hydrogen-bond donors (Lipinski definition) is 3. The SMILES string of the molecule is [2H]C[C@H]1O[C@@H](n2cnc3c(=O)[nH]c(Nc4cc(-c5nnc(-c6ccccc6)o5)ccc4NC(C)=O)nc32)CC1OP(OCC[N+]#[C-])N(C(C)C)C(C)C. The van der Waals surface area contributed by atoms with Crippen molar-refractivity contribution in [3.63, 3.8) is 0 Å². The Morgan fingerprint density at radius 1 is 1.15 bits per heavy atom. The molecular formula is C35H41N10O6P. The molecule has 0 bridgehead atoms. The number of amides is 1. The van der Waals surface area contributed by atoms with Crippen molar-refractivity contribution in [1.82, 2.24) is 34.4 Å². The lowest BCUT2D eigenvalue weighted by molar-refractivity contribution is -0.114. The molecule has 3 N–H and O–H groups in total. The number of ether oxygens (including phenoxy) is 1. The van der Waals surface area contributed by atoms with Gasteiger partial charge >= 0.3 is 0 Å². The second kappa shape index (κ2) is 16.1. The van der Waals surface area contributed by atoms with Gasteiger partial charge in [0.25, 0.3) is 14.1 Å². The van der Waals surface area contributed by atoms with Crippen molar-refractivity contribution in [1.29, 1.82) is 0 Å². The maximum Gasteiger partial charge on any atom is 0.280 e. The van der Waals surface area contributed by atoms with Crippen LogP contribution in [0, 0.1) is 6.57 Å². The molecule has 1 aliphatic rings. The fraction of sp³-hybridized carbons (Fsp3) is 0.400. The molecule has 0 spiro atoms. The van der Waals surface area contributed by atoms with Gasteiger partial charge in [0.15, 0.2) is 11.2 Å². The molecule has 2 unspecified atom stereocenters. The molecule has 4 heterocycles. The molecule has 0 saturated carbocycles. The van der Waals surface area contributed by atoms with E-state index in [0.29, 0.717) is 29.2 Å². The number of H-pyrrole nitrogens is 1. The van der Waals surface area contributed by atoms with Crippen LogP contribution < -0.4 is 16.2 Å². The molecule has 0 aliphatic carbocycles. The van der Waals surface area contributed by atoms with Gasteiger partial charge in [0, 0.05) is 37.9 Å². The maximum atomic E-state index is 13.3. The third-order valence-corrected chi connectivity index (χ3v) is 10.2. The van der Waals surface area contributed by atoms with Gasteiger partial charge in [0.1, 0.15) is 12.8 Å². The van der Waals surface area contributed by atoms with Crippen LogP contribution in [0.1, 0.15) is 55.5 Å². The summed E-state index contributed by atoms with van der Waals surface area (Å²) in [5.74, 6) is 0.374. The number of hydrogen-bond acceptors (Lipinski definition) is 12. The fourth-order valence-electron chi connectivity index (χ4n) is 5.83. The van der Waals surface area contributed by atoms with E-state index in [1.54, 1.807) is 22.8 Å². The van der Waals surface area contributed by atoms with Gasteiger partial charge in [0.2, 0.25) is 30.2 Å². The molecule has 52 heavy (non-hydrogen) atoms. The predicted octanol–water partition coefficient (Wildman–Crippen LogP) is 6.51. The quantitative estimate of drug-likeness (QED) is 0.0642. The molecule has 4 atom stereocenters. The molecule has 272 valence electrons. The van der Waals surface area contributed by atoms with E-state index in [1.807, 2.05) is 30.3 Å². The van der Waals surface area contributed by atoms with Crippen LogP contribution in [-0.2, 0) is 18.6 Å². The minimum Gasteiger partial charge on any atom is -0.416 e. The van der Waals surface area contributed by atoms with E-state index in [0.717, 1.165) is 5.56 Å². The Balaban J connectivity index is 1.28. The molecule has 6 rings (SSSR count). The lowest BCUT2D eigenvalue weighted by Gasteiger charge is -2.36. The van der Waals surface area contributed by atoms with Crippen molar-refractivity contribution in [2.45, 2.75) is 78.5 Å². The first kappa shape index (κ1) is 35.4. The molecule has 1 amide bonds. The number of carbonyl (C=O) groups excluding carboxylic acids is 1. The van der Waals surface area contributed by atoms with Crippen LogP contribution in [0.4, 0.5) is 17.3 Å². The second-order valence-electron chi connectivity index (χ2n) is 12.6. The minimum atomic E-state index is -1.57. The van der Waals surface area contributed by atoms with Crippen molar-refractivity contribution in [2.75, 3.05) is 23.8 Å². The number of fused-ring (bicyclic) bond motifs is 1. The summed E-state index contributed by atoms with van der Waals surface area (Å²) < 4.78 is 37.0. The Labute approximate surface area is 303 Å². The van der Waals surface area contributed by atoms with Gasteiger partial charge in [0.05, 0.1) is 29.9 Å². The monoisotopic (exact) mass is 729 g/mol. The van der Waals surface area contributed by atoms with E-state index in [1.165, 1.54) is 13.3 Å². The Kier molecular flexibility index (Phi) is 11.0.